The predicted molar refractivity (Wildman–Crippen MR) is 67.8 cm³/mol. The second-order valence-corrected chi connectivity index (χ2v) is 4.02. The van der Waals surface area contributed by atoms with E-state index >= 15 is 0 Å². The van der Waals surface area contributed by atoms with Crippen LogP contribution in [0.5, 0.6) is 0 Å². The van der Waals surface area contributed by atoms with E-state index in [1.165, 1.54) is 0 Å². The predicted octanol–water partition coefficient (Wildman–Crippen LogP) is 1.88. The van der Waals surface area contributed by atoms with Gasteiger partial charge in [-0.1, -0.05) is 13.8 Å². The lowest BCUT2D eigenvalue weighted by Gasteiger charge is -2.19. The van der Waals surface area contributed by atoms with Gasteiger partial charge in [0.25, 0.3) is 0 Å². The summed E-state index contributed by atoms with van der Waals surface area (Å²) in [6, 6.07) is 0. The molecule has 0 fully saturated rings. The number of aldehydes is 1. The molecule has 100 valence electrons. The van der Waals surface area contributed by atoms with Gasteiger partial charge < -0.3 is 14.4 Å². The van der Waals surface area contributed by atoms with Crippen molar-refractivity contribution in [2.75, 3.05) is 26.2 Å². The van der Waals surface area contributed by atoms with Crippen molar-refractivity contribution in [3.8, 4) is 0 Å². The van der Waals surface area contributed by atoms with Gasteiger partial charge in [0.15, 0.2) is 0 Å². The molecule has 0 aromatic carbocycles. The molecule has 0 aromatic rings. The minimum Gasteiger partial charge on any atom is -0.466 e. The maximum absolute atomic E-state index is 11.6. The molecule has 0 aliphatic rings. The Morgan fingerprint density at radius 2 is 1.94 bits per heavy atom. The van der Waals surface area contributed by atoms with Crippen molar-refractivity contribution in [2.24, 2.45) is 5.92 Å². The summed E-state index contributed by atoms with van der Waals surface area (Å²) < 4.78 is 4.96. The Labute approximate surface area is 104 Å². The molecule has 0 amide bonds. The van der Waals surface area contributed by atoms with E-state index in [-0.39, 0.29) is 18.3 Å². The first kappa shape index (κ1) is 16.1. The van der Waals surface area contributed by atoms with E-state index in [0.29, 0.717) is 6.61 Å². The Bertz CT molecular complexity index is 215. The molecule has 0 rings (SSSR count). The molecule has 0 spiro atoms. The summed E-state index contributed by atoms with van der Waals surface area (Å²) >= 11 is 0. The lowest BCUT2D eigenvalue weighted by Crippen LogP contribution is -2.25. The van der Waals surface area contributed by atoms with E-state index in [2.05, 4.69) is 18.7 Å². The SMILES string of the molecule is CCOC(=O)C(CC=O)CCCN(CC)CC. The lowest BCUT2D eigenvalue weighted by molar-refractivity contribution is -0.149. The van der Waals surface area contributed by atoms with Crippen LogP contribution in [0, 0.1) is 5.92 Å². The molecule has 0 aromatic heterocycles. The molecule has 17 heavy (non-hydrogen) atoms. The van der Waals surface area contributed by atoms with Crippen molar-refractivity contribution in [2.45, 2.75) is 40.0 Å². The zero-order chi connectivity index (χ0) is 13.1. The van der Waals surface area contributed by atoms with Crippen LogP contribution in [0.25, 0.3) is 0 Å². The molecule has 0 saturated heterocycles. The number of carbonyl (C=O) groups is 2. The van der Waals surface area contributed by atoms with Gasteiger partial charge in [-0.05, 0) is 39.4 Å². The van der Waals surface area contributed by atoms with Gasteiger partial charge in [-0.15, -0.1) is 0 Å². The van der Waals surface area contributed by atoms with Crippen LogP contribution in [-0.4, -0.2) is 43.4 Å². The quantitative estimate of drug-likeness (QED) is 0.434. The summed E-state index contributed by atoms with van der Waals surface area (Å²) in [5.41, 5.74) is 0. The molecule has 0 aliphatic carbocycles. The zero-order valence-corrected chi connectivity index (χ0v) is 11.3. The number of rotatable bonds is 10. The number of hydrogen-bond donors (Lipinski definition) is 0. The third-order valence-corrected chi connectivity index (χ3v) is 2.92. The van der Waals surface area contributed by atoms with Gasteiger partial charge in [-0.2, -0.15) is 0 Å². The molecule has 4 heteroatoms. The van der Waals surface area contributed by atoms with Crippen molar-refractivity contribution in [3.05, 3.63) is 0 Å². The van der Waals surface area contributed by atoms with Crippen molar-refractivity contribution in [3.63, 3.8) is 0 Å². The minimum absolute atomic E-state index is 0.237. The Kier molecular flexibility index (Phi) is 9.72. The van der Waals surface area contributed by atoms with Crippen molar-refractivity contribution in [1.29, 1.82) is 0 Å². The standard InChI is InChI=1S/C13H25NO3/c1-4-14(5-2)10-7-8-12(9-11-15)13(16)17-6-3/h11-12H,4-10H2,1-3H3. The van der Waals surface area contributed by atoms with Gasteiger partial charge in [0, 0.05) is 6.42 Å². The highest BCUT2D eigenvalue weighted by Crippen LogP contribution is 2.12. The van der Waals surface area contributed by atoms with Crippen LogP contribution in [0.4, 0.5) is 0 Å². The third-order valence-electron chi connectivity index (χ3n) is 2.92. The van der Waals surface area contributed by atoms with Gasteiger partial charge >= 0.3 is 5.97 Å². The van der Waals surface area contributed by atoms with Crippen LogP contribution in [-0.2, 0) is 14.3 Å². The zero-order valence-electron chi connectivity index (χ0n) is 11.3. The molecule has 0 bridgehead atoms. The van der Waals surface area contributed by atoms with Gasteiger partial charge in [0.2, 0.25) is 0 Å². The summed E-state index contributed by atoms with van der Waals surface area (Å²) in [6.07, 6.45) is 2.74. The minimum atomic E-state index is -0.261. The van der Waals surface area contributed by atoms with E-state index in [4.69, 9.17) is 4.74 Å². The molecule has 0 N–H and O–H groups in total. The monoisotopic (exact) mass is 243 g/mol. The van der Waals surface area contributed by atoms with E-state index in [1.54, 1.807) is 6.92 Å². The molecule has 1 unspecified atom stereocenters. The van der Waals surface area contributed by atoms with Crippen LogP contribution in [0.15, 0.2) is 0 Å². The maximum Gasteiger partial charge on any atom is 0.309 e. The van der Waals surface area contributed by atoms with E-state index in [1.807, 2.05) is 0 Å². The van der Waals surface area contributed by atoms with E-state index in [0.717, 1.165) is 38.8 Å². The maximum atomic E-state index is 11.6. The number of carbonyl (C=O) groups excluding carboxylic acids is 2. The molecule has 0 radical (unpaired) electrons. The average molecular weight is 243 g/mol. The fraction of sp³-hybridized carbons (Fsp3) is 0.846. The van der Waals surface area contributed by atoms with Crippen molar-refractivity contribution < 1.29 is 14.3 Å². The second kappa shape index (κ2) is 10.3. The fourth-order valence-corrected chi connectivity index (χ4v) is 1.81. The highest BCUT2D eigenvalue weighted by atomic mass is 16.5. The molecule has 0 heterocycles. The first-order valence-electron chi connectivity index (χ1n) is 6.52. The smallest absolute Gasteiger partial charge is 0.309 e. The topological polar surface area (TPSA) is 46.6 Å². The molecule has 0 aliphatic heterocycles. The van der Waals surface area contributed by atoms with Crippen LogP contribution in [0.2, 0.25) is 0 Å². The number of hydrogen-bond acceptors (Lipinski definition) is 4. The largest absolute Gasteiger partial charge is 0.466 e. The summed E-state index contributed by atoms with van der Waals surface area (Å²) in [6.45, 7) is 9.43. The van der Waals surface area contributed by atoms with Crippen molar-refractivity contribution >= 4 is 12.3 Å². The molecule has 0 saturated carbocycles. The van der Waals surface area contributed by atoms with Gasteiger partial charge in [-0.25, -0.2) is 0 Å². The Morgan fingerprint density at radius 1 is 1.29 bits per heavy atom. The summed E-state index contributed by atoms with van der Waals surface area (Å²) in [5, 5.41) is 0. The summed E-state index contributed by atoms with van der Waals surface area (Å²) in [4.78, 5) is 24.4. The summed E-state index contributed by atoms with van der Waals surface area (Å²) in [7, 11) is 0. The van der Waals surface area contributed by atoms with Crippen LogP contribution in [0.1, 0.15) is 40.0 Å². The van der Waals surface area contributed by atoms with Crippen LogP contribution < -0.4 is 0 Å². The van der Waals surface area contributed by atoms with E-state index in [9.17, 15) is 9.59 Å². The van der Waals surface area contributed by atoms with Gasteiger partial charge in [-0.3, -0.25) is 4.79 Å². The molecular weight excluding hydrogens is 218 g/mol. The molecule has 1 atom stereocenters. The van der Waals surface area contributed by atoms with E-state index < -0.39 is 0 Å². The summed E-state index contributed by atoms with van der Waals surface area (Å²) in [5.74, 6) is -0.498. The first-order chi connectivity index (χ1) is 8.19. The normalized spacial score (nSPS) is 12.5. The van der Waals surface area contributed by atoms with Gasteiger partial charge in [0.05, 0.1) is 12.5 Å². The number of esters is 1. The average Bonchev–Trinajstić information content (AvgIpc) is 2.33. The highest BCUT2D eigenvalue weighted by Gasteiger charge is 2.18. The van der Waals surface area contributed by atoms with Gasteiger partial charge in [0.1, 0.15) is 6.29 Å². The van der Waals surface area contributed by atoms with Crippen LogP contribution >= 0.6 is 0 Å². The second-order valence-electron chi connectivity index (χ2n) is 4.02. The van der Waals surface area contributed by atoms with Crippen molar-refractivity contribution in [1.82, 2.24) is 4.90 Å². The Morgan fingerprint density at radius 3 is 2.41 bits per heavy atom. The number of ether oxygens (including phenoxy) is 1. The molecular formula is C13H25NO3. The number of nitrogens with zero attached hydrogens (tertiary/aromatic N) is 1. The Hall–Kier alpha value is -0.900. The lowest BCUT2D eigenvalue weighted by atomic mass is 10.00. The third kappa shape index (κ3) is 7.10. The highest BCUT2D eigenvalue weighted by molar-refractivity contribution is 5.75. The first-order valence-corrected chi connectivity index (χ1v) is 6.52. The fourth-order valence-electron chi connectivity index (χ4n) is 1.81. The van der Waals surface area contributed by atoms with Crippen LogP contribution in [0.3, 0.4) is 0 Å². The molecule has 4 nitrogen and oxygen atoms in total. The Balaban J connectivity index is 3.99.